The fourth-order valence-electron chi connectivity index (χ4n) is 2.79. The normalized spacial score (nSPS) is 24.4. The van der Waals surface area contributed by atoms with E-state index in [2.05, 4.69) is 12.1 Å². The number of nitrogens with two attached hydrogens (primary N) is 1. The van der Waals surface area contributed by atoms with E-state index >= 15 is 0 Å². The van der Waals surface area contributed by atoms with Crippen LogP contribution in [0, 0.1) is 0 Å². The van der Waals surface area contributed by atoms with Gasteiger partial charge in [-0.05, 0) is 36.5 Å². The molecule has 1 aromatic carbocycles. The van der Waals surface area contributed by atoms with Crippen LogP contribution >= 0.6 is 0 Å². The van der Waals surface area contributed by atoms with Gasteiger partial charge in [0.1, 0.15) is 11.5 Å². The molecular weight excluding hydrogens is 226 g/mol. The number of rotatable bonds is 3. The average Bonchev–Trinajstić information content (AvgIpc) is 2.62. The van der Waals surface area contributed by atoms with Gasteiger partial charge in [0.05, 0.1) is 14.2 Å². The van der Waals surface area contributed by atoms with Crippen LogP contribution in [0.3, 0.4) is 0 Å². The lowest BCUT2D eigenvalue weighted by atomic mass is 9.88. The largest absolute Gasteiger partial charge is 0.497 e. The highest BCUT2D eigenvalue weighted by Crippen LogP contribution is 2.35. The van der Waals surface area contributed by atoms with Gasteiger partial charge in [-0.15, -0.1) is 0 Å². The molecule has 0 saturated heterocycles. The second kappa shape index (κ2) is 6.10. The summed E-state index contributed by atoms with van der Waals surface area (Å²) >= 11 is 0. The highest BCUT2D eigenvalue weighted by Gasteiger charge is 2.23. The van der Waals surface area contributed by atoms with Crippen molar-refractivity contribution in [3.63, 3.8) is 0 Å². The smallest absolute Gasteiger partial charge is 0.122 e. The molecule has 0 aromatic heterocycles. The second-order valence-electron chi connectivity index (χ2n) is 5.05. The van der Waals surface area contributed by atoms with Crippen molar-refractivity contribution < 1.29 is 9.47 Å². The third kappa shape index (κ3) is 2.96. The lowest BCUT2D eigenvalue weighted by Gasteiger charge is -2.22. The van der Waals surface area contributed by atoms with Gasteiger partial charge in [-0.25, -0.2) is 0 Å². The lowest BCUT2D eigenvalue weighted by molar-refractivity contribution is 0.391. The maximum atomic E-state index is 6.31. The summed E-state index contributed by atoms with van der Waals surface area (Å²) in [5, 5.41) is 0. The Morgan fingerprint density at radius 2 is 1.56 bits per heavy atom. The molecule has 2 unspecified atom stereocenters. The molecule has 1 saturated carbocycles. The van der Waals surface area contributed by atoms with Gasteiger partial charge in [0, 0.05) is 12.1 Å². The van der Waals surface area contributed by atoms with Crippen LogP contribution in [0.15, 0.2) is 18.2 Å². The first-order chi connectivity index (χ1) is 8.74. The first-order valence-corrected chi connectivity index (χ1v) is 6.73. The zero-order chi connectivity index (χ0) is 13.0. The summed E-state index contributed by atoms with van der Waals surface area (Å²) in [5.74, 6) is 2.12. The van der Waals surface area contributed by atoms with E-state index < -0.39 is 0 Å². The van der Waals surface area contributed by atoms with Gasteiger partial charge in [0.15, 0.2) is 0 Å². The number of benzene rings is 1. The minimum Gasteiger partial charge on any atom is -0.497 e. The Labute approximate surface area is 109 Å². The fraction of sp³-hybridized carbons (Fsp3) is 0.600. The van der Waals surface area contributed by atoms with E-state index in [0.717, 1.165) is 24.3 Å². The van der Waals surface area contributed by atoms with Crippen LogP contribution in [0.4, 0.5) is 0 Å². The van der Waals surface area contributed by atoms with E-state index in [9.17, 15) is 0 Å². The van der Waals surface area contributed by atoms with Gasteiger partial charge in [-0.1, -0.05) is 19.3 Å². The van der Waals surface area contributed by atoms with Crippen molar-refractivity contribution in [1.29, 1.82) is 0 Å². The van der Waals surface area contributed by atoms with E-state index in [1.54, 1.807) is 14.2 Å². The molecule has 1 aliphatic rings. The standard InChI is InChI=1S/C15H23NO2/c1-17-12-8-11(9-13(10-12)18-2)14-6-4-3-5-7-15(14)16/h8-10,14-15H,3-7,16H2,1-2H3. The molecule has 2 atom stereocenters. The van der Waals surface area contributed by atoms with Crippen molar-refractivity contribution in [3.05, 3.63) is 23.8 Å². The molecular formula is C15H23NO2. The summed E-state index contributed by atoms with van der Waals surface area (Å²) in [7, 11) is 3.37. The Balaban J connectivity index is 2.29. The third-order valence-electron chi connectivity index (χ3n) is 3.87. The molecule has 0 heterocycles. The first-order valence-electron chi connectivity index (χ1n) is 6.73. The highest BCUT2D eigenvalue weighted by atomic mass is 16.5. The monoisotopic (exact) mass is 249 g/mol. The summed E-state index contributed by atoms with van der Waals surface area (Å²) in [5.41, 5.74) is 7.56. The zero-order valence-corrected chi connectivity index (χ0v) is 11.3. The predicted molar refractivity (Wildman–Crippen MR) is 73.3 cm³/mol. The lowest BCUT2D eigenvalue weighted by Crippen LogP contribution is -2.27. The van der Waals surface area contributed by atoms with E-state index in [0.29, 0.717) is 5.92 Å². The molecule has 0 amide bonds. The molecule has 0 bridgehead atoms. The number of methoxy groups -OCH3 is 2. The van der Waals surface area contributed by atoms with Crippen LogP contribution in [-0.2, 0) is 0 Å². The van der Waals surface area contributed by atoms with E-state index in [-0.39, 0.29) is 6.04 Å². The Hall–Kier alpha value is -1.22. The molecule has 2 rings (SSSR count). The third-order valence-corrected chi connectivity index (χ3v) is 3.87. The molecule has 100 valence electrons. The van der Waals surface area contributed by atoms with Crippen molar-refractivity contribution in [2.24, 2.45) is 5.73 Å². The van der Waals surface area contributed by atoms with E-state index in [1.165, 1.54) is 24.8 Å². The second-order valence-corrected chi connectivity index (χ2v) is 5.05. The highest BCUT2D eigenvalue weighted by molar-refractivity contribution is 5.40. The average molecular weight is 249 g/mol. The molecule has 0 aliphatic heterocycles. The van der Waals surface area contributed by atoms with Crippen LogP contribution in [0.5, 0.6) is 11.5 Å². The molecule has 1 aliphatic carbocycles. The van der Waals surface area contributed by atoms with Crippen molar-refractivity contribution in [2.75, 3.05) is 14.2 Å². The van der Waals surface area contributed by atoms with E-state index in [1.807, 2.05) is 6.07 Å². The topological polar surface area (TPSA) is 44.5 Å². The SMILES string of the molecule is COc1cc(OC)cc(C2CCCCCC2N)c1. The summed E-state index contributed by atoms with van der Waals surface area (Å²) in [6.07, 6.45) is 6.09. The summed E-state index contributed by atoms with van der Waals surface area (Å²) in [4.78, 5) is 0. The van der Waals surface area contributed by atoms with Crippen molar-refractivity contribution >= 4 is 0 Å². The maximum absolute atomic E-state index is 6.31. The first kappa shape index (κ1) is 13.2. The Kier molecular flexibility index (Phi) is 4.48. The van der Waals surface area contributed by atoms with Crippen molar-refractivity contribution in [3.8, 4) is 11.5 Å². The zero-order valence-electron chi connectivity index (χ0n) is 11.3. The van der Waals surface area contributed by atoms with Gasteiger partial charge in [-0.3, -0.25) is 0 Å². The van der Waals surface area contributed by atoms with Gasteiger partial charge in [0.25, 0.3) is 0 Å². The van der Waals surface area contributed by atoms with Crippen molar-refractivity contribution in [1.82, 2.24) is 0 Å². The number of ether oxygens (including phenoxy) is 2. The van der Waals surface area contributed by atoms with Gasteiger partial charge in [0.2, 0.25) is 0 Å². The van der Waals surface area contributed by atoms with Gasteiger partial charge in [-0.2, -0.15) is 0 Å². The molecule has 0 radical (unpaired) electrons. The summed E-state index contributed by atoms with van der Waals surface area (Å²) in [6, 6.07) is 6.35. The maximum Gasteiger partial charge on any atom is 0.122 e. The predicted octanol–water partition coefficient (Wildman–Crippen LogP) is 3.08. The molecule has 18 heavy (non-hydrogen) atoms. The van der Waals surface area contributed by atoms with E-state index in [4.69, 9.17) is 15.2 Å². The molecule has 1 fully saturated rings. The summed E-state index contributed by atoms with van der Waals surface area (Å²) < 4.78 is 10.7. The van der Waals surface area contributed by atoms with Crippen LogP contribution < -0.4 is 15.2 Å². The number of hydrogen-bond donors (Lipinski definition) is 1. The molecule has 2 N–H and O–H groups in total. The fourth-order valence-corrected chi connectivity index (χ4v) is 2.79. The van der Waals surface area contributed by atoms with Gasteiger partial charge < -0.3 is 15.2 Å². The summed E-state index contributed by atoms with van der Waals surface area (Å²) in [6.45, 7) is 0. The van der Waals surface area contributed by atoms with Crippen LogP contribution in [0.1, 0.15) is 43.6 Å². The molecule has 3 nitrogen and oxygen atoms in total. The van der Waals surface area contributed by atoms with Crippen LogP contribution in [-0.4, -0.2) is 20.3 Å². The molecule has 0 spiro atoms. The number of hydrogen-bond acceptors (Lipinski definition) is 3. The minimum atomic E-state index is 0.254. The van der Waals surface area contributed by atoms with Crippen LogP contribution in [0.2, 0.25) is 0 Å². The van der Waals surface area contributed by atoms with Crippen molar-refractivity contribution in [2.45, 2.75) is 44.1 Å². The quantitative estimate of drug-likeness (QED) is 0.837. The minimum absolute atomic E-state index is 0.254. The Morgan fingerprint density at radius 3 is 2.17 bits per heavy atom. The molecule has 1 aromatic rings. The molecule has 3 heteroatoms. The van der Waals surface area contributed by atoms with Crippen LogP contribution in [0.25, 0.3) is 0 Å². The Morgan fingerprint density at radius 1 is 0.944 bits per heavy atom. The van der Waals surface area contributed by atoms with Gasteiger partial charge >= 0.3 is 0 Å². The Bertz CT molecular complexity index is 370.